The Bertz CT molecular complexity index is 192. The molecule has 3 heteroatoms. The molecule has 1 rings (SSSR count). The van der Waals surface area contributed by atoms with E-state index < -0.39 is 0 Å². The molecule has 2 nitrogen and oxygen atoms in total. The summed E-state index contributed by atoms with van der Waals surface area (Å²) in [5.41, 5.74) is -0.247. The molecule has 0 aromatic heterocycles. The second-order valence-electron chi connectivity index (χ2n) is 5.02. The van der Waals surface area contributed by atoms with Crippen molar-refractivity contribution in [3.8, 4) is 0 Å². The van der Waals surface area contributed by atoms with E-state index in [1.807, 2.05) is 32.5 Å². The minimum Gasteiger partial charge on any atom is -0.355 e. The Morgan fingerprint density at radius 3 is 2.43 bits per heavy atom. The van der Waals surface area contributed by atoms with Gasteiger partial charge in [-0.3, -0.25) is 4.79 Å². The van der Waals surface area contributed by atoms with Crippen LogP contribution in [0.1, 0.15) is 33.6 Å². The van der Waals surface area contributed by atoms with Gasteiger partial charge in [-0.1, -0.05) is 20.8 Å². The van der Waals surface area contributed by atoms with Crippen LogP contribution in [0.3, 0.4) is 0 Å². The molecule has 0 aliphatic carbocycles. The number of carbonyl (C=O) groups excluding carboxylic acids is 1. The lowest BCUT2D eigenvalue weighted by Crippen LogP contribution is -2.38. The summed E-state index contributed by atoms with van der Waals surface area (Å²) in [6.45, 7) is 6.74. The van der Waals surface area contributed by atoms with Gasteiger partial charge in [0.2, 0.25) is 5.91 Å². The first kappa shape index (κ1) is 11.9. The maximum absolute atomic E-state index is 11.6. The van der Waals surface area contributed by atoms with Crippen molar-refractivity contribution in [2.45, 2.75) is 33.6 Å². The Kier molecular flexibility index (Phi) is 4.30. The van der Waals surface area contributed by atoms with Crippen LogP contribution in [0.15, 0.2) is 0 Å². The lowest BCUT2D eigenvalue weighted by molar-refractivity contribution is -0.128. The fraction of sp³-hybridized carbons (Fsp3) is 0.909. The zero-order valence-electron chi connectivity index (χ0n) is 9.43. The highest BCUT2D eigenvalue weighted by Gasteiger charge is 2.22. The molecule has 0 atom stereocenters. The van der Waals surface area contributed by atoms with Gasteiger partial charge in [-0.25, -0.2) is 0 Å². The van der Waals surface area contributed by atoms with Crippen molar-refractivity contribution in [2.24, 2.45) is 11.3 Å². The third-order valence-electron chi connectivity index (χ3n) is 2.57. The van der Waals surface area contributed by atoms with Gasteiger partial charge in [-0.05, 0) is 30.3 Å². The highest BCUT2D eigenvalue weighted by molar-refractivity contribution is 7.99. The Morgan fingerprint density at radius 1 is 1.36 bits per heavy atom. The molecule has 0 aromatic carbocycles. The Labute approximate surface area is 91.2 Å². The van der Waals surface area contributed by atoms with E-state index in [9.17, 15) is 4.79 Å². The van der Waals surface area contributed by atoms with Gasteiger partial charge >= 0.3 is 0 Å². The predicted octanol–water partition coefficient (Wildman–Crippen LogP) is 2.29. The fourth-order valence-corrected chi connectivity index (χ4v) is 2.66. The monoisotopic (exact) mass is 215 g/mol. The number of amides is 1. The van der Waals surface area contributed by atoms with E-state index in [0.717, 1.165) is 6.54 Å². The quantitative estimate of drug-likeness (QED) is 0.766. The van der Waals surface area contributed by atoms with Crippen LogP contribution in [0, 0.1) is 11.3 Å². The summed E-state index contributed by atoms with van der Waals surface area (Å²) in [5, 5.41) is 3.04. The first-order chi connectivity index (χ1) is 6.50. The van der Waals surface area contributed by atoms with E-state index in [0.29, 0.717) is 5.92 Å². The summed E-state index contributed by atoms with van der Waals surface area (Å²) >= 11 is 2.03. The lowest BCUT2D eigenvalue weighted by atomic mass is 9.95. The van der Waals surface area contributed by atoms with Gasteiger partial charge in [0.15, 0.2) is 0 Å². The third-order valence-corrected chi connectivity index (χ3v) is 3.62. The zero-order chi connectivity index (χ0) is 10.6. The predicted molar refractivity (Wildman–Crippen MR) is 62.5 cm³/mol. The summed E-state index contributed by atoms with van der Waals surface area (Å²) in [6, 6.07) is 0. The standard InChI is InChI=1S/C11H21NOS/c1-11(2,3)10(13)12-8-9-4-6-14-7-5-9/h9H,4-8H2,1-3H3,(H,12,13). The van der Waals surface area contributed by atoms with E-state index in [4.69, 9.17) is 0 Å². The molecule has 0 radical (unpaired) electrons. The molecule has 0 bridgehead atoms. The number of hydrogen-bond donors (Lipinski definition) is 1. The molecule has 1 N–H and O–H groups in total. The van der Waals surface area contributed by atoms with Gasteiger partial charge in [0, 0.05) is 12.0 Å². The Hall–Kier alpha value is -0.180. The van der Waals surface area contributed by atoms with Crippen LogP contribution in [-0.2, 0) is 4.79 Å². The summed E-state index contributed by atoms with van der Waals surface area (Å²) < 4.78 is 0. The maximum atomic E-state index is 11.6. The molecule has 1 amide bonds. The number of nitrogens with one attached hydrogen (secondary N) is 1. The van der Waals surface area contributed by atoms with Crippen LogP contribution in [0.2, 0.25) is 0 Å². The Balaban J connectivity index is 2.22. The third kappa shape index (κ3) is 3.91. The van der Waals surface area contributed by atoms with Crippen molar-refractivity contribution in [1.29, 1.82) is 0 Å². The molecule has 1 aliphatic rings. The van der Waals surface area contributed by atoms with E-state index in [2.05, 4.69) is 5.32 Å². The molecular weight excluding hydrogens is 194 g/mol. The average Bonchev–Trinajstić information content (AvgIpc) is 2.14. The van der Waals surface area contributed by atoms with Crippen molar-refractivity contribution in [1.82, 2.24) is 5.32 Å². The summed E-state index contributed by atoms with van der Waals surface area (Å²) in [7, 11) is 0. The second-order valence-corrected chi connectivity index (χ2v) is 6.24. The van der Waals surface area contributed by atoms with Crippen molar-refractivity contribution < 1.29 is 4.79 Å². The van der Waals surface area contributed by atoms with E-state index in [1.165, 1.54) is 24.3 Å². The van der Waals surface area contributed by atoms with Gasteiger partial charge in [0.1, 0.15) is 0 Å². The van der Waals surface area contributed by atoms with E-state index in [-0.39, 0.29) is 11.3 Å². The van der Waals surface area contributed by atoms with E-state index in [1.54, 1.807) is 0 Å². The average molecular weight is 215 g/mol. The van der Waals surface area contributed by atoms with Crippen LogP contribution < -0.4 is 5.32 Å². The van der Waals surface area contributed by atoms with Crippen LogP contribution in [0.25, 0.3) is 0 Å². The topological polar surface area (TPSA) is 29.1 Å². The van der Waals surface area contributed by atoms with Crippen LogP contribution in [0.5, 0.6) is 0 Å². The first-order valence-electron chi connectivity index (χ1n) is 5.36. The van der Waals surface area contributed by atoms with Gasteiger partial charge in [0.05, 0.1) is 0 Å². The smallest absolute Gasteiger partial charge is 0.225 e. The highest BCUT2D eigenvalue weighted by atomic mass is 32.2. The minimum absolute atomic E-state index is 0.177. The van der Waals surface area contributed by atoms with E-state index >= 15 is 0 Å². The van der Waals surface area contributed by atoms with Crippen LogP contribution >= 0.6 is 11.8 Å². The lowest BCUT2D eigenvalue weighted by Gasteiger charge is -2.24. The molecule has 0 unspecified atom stereocenters. The molecule has 1 aliphatic heterocycles. The number of hydrogen-bond acceptors (Lipinski definition) is 2. The van der Waals surface area contributed by atoms with Crippen molar-refractivity contribution in [2.75, 3.05) is 18.1 Å². The SMILES string of the molecule is CC(C)(C)C(=O)NCC1CCSCC1. The van der Waals surface area contributed by atoms with Gasteiger partial charge < -0.3 is 5.32 Å². The van der Waals surface area contributed by atoms with Gasteiger partial charge in [-0.2, -0.15) is 11.8 Å². The minimum atomic E-state index is -0.247. The fourth-order valence-electron chi connectivity index (χ4n) is 1.45. The number of rotatable bonds is 2. The number of thioether (sulfide) groups is 1. The normalized spacial score (nSPS) is 19.4. The second kappa shape index (κ2) is 5.06. The molecule has 0 saturated carbocycles. The largest absolute Gasteiger partial charge is 0.355 e. The van der Waals surface area contributed by atoms with Crippen LogP contribution in [0.4, 0.5) is 0 Å². The maximum Gasteiger partial charge on any atom is 0.225 e. The summed E-state index contributed by atoms with van der Waals surface area (Å²) in [6.07, 6.45) is 2.52. The van der Waals surface area contributed by atoms with Crippen molar-refractivity contribution in [3.63, 3.8) is 0 Å². The molecule has 1 saturated heterocycles. The summed E-state index contributed by atoms with van der Waals surface area (Å²) in [4.78, 5) is 11.6. The number of carbonyl (C=O) groups is 1. The zero-order valence-corrected chi connectivity index (χ0v) is 10.2. The van der Waals surface area contributed by atoms with Crippen LogP contribution in [-0.4, -0.2) is 24.0 Å². The molecule has 1 fully saturated rings. The first-order valence-corrected chi connectivity index (χ1v) is 6.51. The Morgan fingerprint density at radius 2 is 1.93 bits per heavy atom. The van der Waals surface area contributed by atoms with Crippen molar-refractivity contribution in [3.05, 3.63) is 0 Å². The molecule has 14 heavy (non-hydrogen) atoms. The molecular formula is C11H21NOS. The molecule has 82 valence electrons. The highest BCUT2D eigenvalue weighted by Crippen LogP contribution is 2.22. The molecule has 1 heterocycles. The van der Waals surface area contributed by atoms with Crippen molar-refractivity contribution >= 4 is 17.7 Å². The molecule has 0 aromatic rings. The summed E-state index contributed by atoms with van der Waals surface area (Å²) in [5.74, 6) is 3.41. The van der Waals surface area contributed by atoms with Gasteiger partial charge in [-0.15, -0.1) is 0 Å². The van der Waals surface area contributed by atoms with Gasteiger partial charge in [0.25, 0.3) is 0 Å². The molecule has 0 spiro atoms.